The first-order valence-corrected chi connectivity index (χ1v) is 26.4. The van der Waals surface area contributed by atoms with E-state index in [2.05, 4.69) is 290 Å². The molecule has 16 rings (SSSR count). The Morgan fingerprint density at radius 3 is 1.21 bits per heavy atom. The number of nitrogens with zero attached hydrogens (tertiary/aromatic N) is 1. The Balaban J connectivity index is 1.03. The number of hydrogen-bond donors (Lipinski definition) is 0. The third-order valence-electron chi connectivity index (χ3n) is 17.0. The fourth-order valence-electron chi connectivity index (χ4n) is 14.0. The molecule has 13 aromatic rings. The fourth-order valence-corrected chi connectivity index (χ4v) is 14.0. The summed E-state index contributed by atoms with van der Waals surface area (Å²) in [4.78, 5) is 2.55. The van der Waals surface area contributed by atoms with E-state index in [9.17, 15) is 0 Å². The van der Waals surface area contributed by atoms with Crippen molar-refractivity contribution < 1.29 is 4.42 Å². The van der Waals surface area contributed by atoms with Crippen molar-refractivity contribution in [2.75, 3.05) is 4.90 Å². The van der Waals surface area contributed by atoms with Crippen molar-refractivity contribution in [1.82, 2.24) is 0 Å². The van der Waals surface area contributed by atoms with E-state index < -0.39 is 10.8 Å². The van der Waals surface area contributed by atoms with E-state index in [1.807, 2.05) is 0 Å². The lowest BCUT2D eigenvalue weighted by Crippen LogP contribution is -2.29. The maximum atomic E-state index is 7.12. The van der Waals surface area contributed by atoms with E-state index in [0.29, 0.717) is 0 Å². The lowest BCUT2D eigenvalue weighted by Gasteiger charge is -2.35. The Morgan fingerprint density at radius 1 is 0.263 bits per heavy atom. The predicted octanol–water partition coefficient (Wildman–Crippen LogP) is 19.1. The molecule has 1 aromatic heterocycles. The number of rotatable bonds is 7. The van der Waals surface area contributed by atoms with E-state index in [-0.39, 0.29) is 0 Å². The van der Waals surface area contributed by atoms with Crippen LogP contribution >= 0.6 is 0 Å². The Labute approximate surface area is 442 Å². The van der Waals surface area contributed by atoms with Crippen LogP contribution in [0.1, 0.15) is 44.5 Å². The zero-order chi connectivity index (χ0) is 50.0. The van der Waals surface area contributed by atoms with Crippen molar-refractivity contribution >= 4 is 39.0 Å². The molecule has 0 bridgehead atoms. The van der Waals surface area contributed by atoms with Crippen LogP contribution in [0.2, 0.25) is 0 Å². The second-order valence-electron chi connectivity index (χ2n) is 20.6. The molecule has 0 unspecified atom stereocenters. The molecule has 354 valence electrons. The van der Waals surface area contributed by atoms with Gasteiger partial charge in [-0.15, -0.1) is 0 Å². The maximum Gasteiger partial charge on any atom is 0.159 e. The van der Waals surface area contributed by atoms with Gasteiger partial charge in [0, 0.05) is 21.9 Å². The summed E-state index contributed by atoms with van der Waals surface area (Å²) in [5.41, 5.74) is 25.9. The molecule has 1 spiro atoms. The van der Waals surface area contributed by atoms with E-state index in [0.717, 1.165) is 39.0 Å². The molecule has 0 atom stereocenters. The van der Waals surface area contributed by atoms with Crippen LogP contribution < -0.4 is 4.90 Å². The van der Waals surface area contributed by atoms with Gasteiger partial charge in [0.25, 0.3) is 0 Å². The third-order valence-corrected chi connectivity index (χ3v) is 17.0. The van der Waals surface area contributed by atoms with E-state index in [1.165, 1.54) is 100 Å². The zero-order valence-electron chi connectivity index (χ0n) is 41.5. The van der Waals surface area contributed by atoms with Crippen molar-refractivity contribution in [2.45, 2.75) is 10.8 Å². The summed E-state index contributed by atoms with van der Waals surface area (Å²) < 4.78 is 7.12. The molecule has 0 fully saturated rings. The molecule has 0 saturated carbocycles. The molecule has 12 aromatic carbocycles. The number of furan rings is 1. The van der Waals surface area contributed by atoms with Gasteiger partial charge in [-0.05, 0) is 125 Å². The third kappa shape index (κ3) is 5.76. The van der Waals surface area contributed by atoms with Crippen LogP contribution in [0.3, 0.4) is 0 Å². The molecule has 0 amide bonds. The minimum atomic E-state index is -0.721. The molecule has 76 heavy (non-hydrogen) atoms. The molecule has 3 aliphatic rings. The molecule has 0 radical (unpaired) electrons. The summed E-state index contributed by atoms with van der Waals surface area (Å²) in [7, 11) is 0. The lowest BCUT2D eigenvalue weighted by atomic mass is 9.67. The van der Waals surface area contributed by atoms with Crippen LogP contribution in [0.5, 0.6) is 0 Å². The smallest absolute Gasteiger partial charge is 0.159 e. The maximum absolute atomic E-state index is 7.12. The van der Waals surface area contributed by atoms with Crippen LogP contribution in [0.4, 0.5) is 17.1 Å². The molecular weight excluding hydrogens is 919 g/mol. The summed E-state index contributed by atoms with van der Waals surface area (Å²) in [6.45, 7) is 0. The molecule has 1 heterocycles. The van der Waals surface area contributed by atoms with Crippen molar-refractivity contribution in [3.63, 3.8) is 0 Å². The first kappa shape index (κ1) is 42.7. The summed E-state index contributed by atoms with van der Waals surface area (Å²) in [5, 5.41) is 2.18. The van der Waals surface area contributed by atoms with E-state index in [4.69, 9.17) is 4.42 Å². The molecular formula is C74H47NO. The average Bonchev–Trinajstić information content (AvgIpc) is 4.32. The number of fused-ring (bicyclic) bond motifs is 16. The Hall–Kier alpha value is -9.76. The molecule has 2 heteroatoms. The van der Waals surface area contributed by atoms with Gasteiger partial charge in [0.1, 0.15) is 5.58 Å². The van der Waals surface area contributed by atoms with Gasteiger partial charge in [-0.3, -0.25) is 0 Å². The van der Waals surface area contributed by atoms with Crippen LogP contribution in [0, 0.1) is 0 Å². The van der Waals surface area contributed by atoms with Crippen LogP contribution in [0.15, 0.2) is 290 Å². The van der Waals surface area contributed by atoms with Gasteiger partial charge in [0.05, 0.1) is 27.9 Å². The summed E-state index contributed by atoms with van der Waals surface area (Å²) >= 11 is 0. The van der Waals surface area contributed by atoms with Crippen molar-refractivity contribution in [3.05, 3.63) is 330 Å². The second kappa shape index (κ2) is 16.4. The van der Waals surface area contributed by atoms with Crippen molar-refractivity contribution in [2.24, 2.45) is 0 Å². The van der Waals surface area contributed by atoms with Gasteiger partial charge in [0.2, 0.25) is 0 Å². The van der Waals surface area contributed by atoms with Gasteiger partial charge in [-0.25, -0.2) is 0 Å². The highest BCUT2D eigenvalue weighted by Crippen LogP contribution is 2.66. The van der Waals surface area contributed by atoms with Gasteiger partial charge in [-0.2, -0.15) is 0 Å². The van der Waals surface area contributed by atoms with Gasteiger partial charge >= 0.3 is 0 Å². The van der Waals surface area contributed by atoms with Gasteiger partial charge < -0.3 is 9.32 Å². The van der Waals surface area contributed by atoms with Crippen LogP contribution in [-0.4, -0.2) is 0 Å². The van der Waals surface area contributed by atoms with E-state index >= 15 is 0 Å². The lowest BCUT2D eigenvalue weighted by molar-refractivity contribution is 0.669. The number of anilines is 3. The number of benzene rings is 12. The summed E-state index contributed by atoms with van der Waals surface area (Å²) in [6, 6.07) is 106. The normalized spacial score (nSPS) is 13.7. The molecule has 0 saturated heterocycles. The highest BCUT2D eigenvalue weighted by molar-refractivity contribution is 6.13. The quantitative estimate of drug-likeness (QED) is 0.158. The summed E-state index contributed by atoms with van der Waals surface area (Å²) in [6.07, 6.45) is 0. The largest absolute Gasteiger partial charge is 0.454 e. The molecule has 3 aliphatic carbocycles. The predicted molar refractivity (Wildman–Crippen MR) is 313 cm³/mol. The average molecular weight is 966 g/mol. The highest BCUT2D eigenvalue weighted by atomic mass is 16.3. The molecule has 0 aliphatic heterocycles. The minimum Gasteiger partial charge on any atom is -0.454 e. The van der Waals surface area contributed by atoms with Gasteiger partial charge in [0.15, 0.2) is 5.58 Å². The van der Waals surface area contributed by atoms with Crippen LogP contribution in [-0.2, 0) is 10.8 Å². The van der Waals surface area contributed by atoms with Crippen LogP contribution in [0.25, 0.3) is 77.6 Å². The highest BCUT2D eigenvalue weighted by Gasteiger charge is 2.53. The monoisotopic (exact) mass is 965 g/mol. The SMILES string of the molecule is c1ccc(-c2cccc(C3(c4cccc(-c5ccccc5)c4)c4ccccc4-c4c(N(c5cccc6c5-c5ccccc5C65c6ccccc6-c6ccccc65)c5cccc6c5oc5ccccc56)cccc43)c2)cc1. The second-order valence-corrected chi connectivity index (χ2v) is 20.6. The first-order chi connectivity index (χ1) is 37.7. The Kier molecular flexibility index (Phi) is 9.20. The zero-order valence-corrected chi connectivity index (χ0v) is 41.5. The number of para-hydroxylation sites is 2. The van der Waals surface area contributed by atoms with E-state index in [1.54, 1.807) is 0 Å². The summed E-state index contributed by atoms with van der Waals surface area (Å²) in [5.74, 6) is 0. The topological polar surface area (TPSA) is 16.4 Å². The molecule has 2 nitrogen and oxygen atoms in total. The van der Waals surface area contributed by atoms with Crippen molar-refractivity contribution in [1.29, 1.82) is 0 Å². The standard InChI is InChI=1S/C74H47NO/c1-3-22-48(23-4-1)50-26-17-28-52(46-50)73(53-29-18-27-51(47-53)49-24-5-2-6-25-49)62-38-14-9-33-58(62)70-64(73)40-20-42-66(70)75(68-44-19-35-57-56-32-11-16-45-69(56)76-72(57)68)67-43-21-41-65-71(67)59-34-10-15-39-63(59)74(65)60-36-12-7-30-54(60)55-31-8-13-37-61(55)74/h1-47H. The first-order valence-electron chi connectivity index (χ1n) is 26.4. The Bertz CT molecular complexity index is 4360. The fraction of sp³-hybridized carbons (Fsp3) is 0.0270. The molecule has 0 N–H and O–H groups in total. The van der Waals surface area contributed by atoms with Crippen molar-refractivity contribution in [3.8, 4) is 55.6 Å². The minimum absolute atomic E-state index is 0.528. The Morgan fingerprint density at radius 2 is 0.645 bits per heavy atom. The number of hydrogen-bond acceptors (Lipinski definition) is 2. The van der Waals surface area contributed by atoms with Gasteiger partial charge in [-0.1, -0.05) is 249 Å².